The molecule has 2 aliphatic rings. The standard InChI is InChI=1S/C24H29N3O4/c1-16-7-8-22-21(13-16)27(15-17(2)31-22)24(29)26-11-9-18(10-12-26)23(28)25-19-5-4-6-20(14-19)30-3/h4-8,13-14,17-18H,9-12,15H2,1-3H3,(H,25,28). The zero-order valence-electron chi connectivity index (χ0n) is 18.3. The molecule has 3 amide bonds. The fraction of sp³-hybridized carbons (Fsp3) is 0.417. The second-order valence-corrected chi connectivity index (χ2v) is 8.28. The number of fused-ring (bicyclic) bond motifs is 1. The van der Waals surface area contributed by atoms with Gasteiger partial charge in [-0.25, -0.2) is 4.79 Å². The molecular weight excluding hydrogens is 394 g/mol. The topological polar surface area (TPSA) is 71.1 Å². The fourth-order valence-electron chi connectivity index (χ4n) is 4.18. The van der Waals surface area contributed by atoms with Crippen LogP contribution in [0.15, 0.2) is 42.5 Å². The molecule has 164 valence electrons. The van der Waals surface area contributed by atoms with Gasteiger partial charge in [0, 0.05) is 30.8 Å². The summed E-state index contributed by atoms with van der Waals surface area (Å²) < 4.78 is 11.1. The van der Waals surface area contributed by atoms with Crippen molar-refractivity contribution in [1.29, 1.82) is 0 Å². The first-order chi connectivity index (χ1) is 14.9. The lowest BCUT2D eigenvalue weighted by molar-refractivity contribution is -0.121. The van der Waals surface area contributed by atoms with Crippen molar-refractivity contribution in [3.63, 3.8) is 0 Å². The van der Waals surface area contributed by atoms with Gasteiger partial charge >= 0.3 is 6.03 Å². The third kappa shape index (κ3) is 4.60. The normalized spacial score (nSPS) is 18.7. The van der Waals surface area contributed by atoms with Gasteiger partial charge in [0.05, 0.1) is 19.3 Å². The van der Waals surface area contributed by atoms with Crippen LogP contribution in [0.2, 0.25) is 0 Å². The number of hydrogen-bond donors (Lipinski definition) is 1. The number of urea groups is 1. The lowest BCUT2D eigenvalue weighted by Gasteiger charge is -2.39. The maximum absolute atomic E-state index is 13.3. The Kier molecular flexibility index (Phi) is 6.02. The minimum atomic E-state index is -0.117. The van der Waals surface area contributed by atoms with E-state index in [-0.39, 0.29) is 24.0 Å². The summed E-state index contributed by atoms with van der Waals surface area (Å²) in [4.78, 5) is 29.7. The van der Waals surface area contributed by atoms with Crippen molar-refractivity contribution in [3.8, 4) is 11.5 Å². The minimum absolute atomic E-state index is 0.0127. The van der Waals surface area contributed by atoms with Crippen LogP contribution in [0.5, 0.6) is 11.5 Å². The summed E-state index contributed by atoms with van der Waals surface area (Å²) in [6.45, 7) is 5.61. The number of nitrogens with zero attached hydrogens (tertiary/aromatic N) is 2. The Hall–Kier alpha value is -3.22. The van der Waals surface area contributed by atoms with Gasteiger partial charge in [-0.1, -0.05) is 12.1 Å². The van der Waals surface area contributed by atoms with Crippen LogP contribution in [0.1, 0.15) is 25.3 Å². The van der Waals surface area contributed by atoms with Crippen molar-refractivity contribution in [2.24, 2.45) is 5.92 Å². The summed E-state index contributed by atoms with van der Waals surface area (Å²) in [6, 6.07) is 13.2. The molecule has 2 aromatic rings. The molecule has 0 radical (unpaired) electrons. The molecule has 4 rings (SSSR count). The fourth-order valence-corrected chi connectivity index (χ4v) is 4.18. The average Bonchev–Trinajstić information content (AvgIpc) is 2.78. The van der Waals surface area contributed by atoms with Crippen LogP contribution in [-0.2, 0) is 4.79 Å². The van der Waals surface area contributed by atoms with Crippen molar-refractivity contribution >= 4 is 23.3 Å². The smallest absolute Gasteiger partial charge is 0.324 e. The summed E-state index contributed by atoms with van der Waals surface area (Å²) in [5, 5.41) is 2.97. The largest absolute Gasteiger partial charge is 0.497 e. The molecule has 0 aliphatic carbocycles. The number of hydrogen-bond acceptors (Lipinski definition) is 4. The summed E-state index contributed by atoms with van der Waals surface area (Å²) in [5.74, 6) is 1.31. The number of amides is 3. The first-order valence-corrected chi connectivity index (χ1v) is 10.7. The third-order valence-electron chi connectivity index (χ3n) is 5.88. The molecule has 31 heavy (non-hydrogen) atoms. The molecule has 2 aliphatic heterocycles. The van der Waals surface area contributed by atoms with Gasteiger partial charge in [-0.2, -0.15) is 0 Å². The van der Waals surface area contributed by atoms with Crippen molar-refractivity contribution in [2.75, 3.05) is 37.0 Å². The highest BCUT2D eigenvalue weighted by Gasteiger charge is 2.34. The summed E-state index contributed by atoms with van der Waals surface area (Å²) in [7, 11) is 1.60. The molecule has 0 spiro atoms. The van der Waals surface area contributed by atoms with Crippen LogP contribution in [0.4, 0.5) is 16.2 Å². The molecule has 1 N–H and O–H groups in total. The number of ether oxygens (including phenoxy) is 2. The molecule has 2 heterocycles. The zero-order valence-corrected chi connectivity index (χ0v) is 18.3. The number of piperidine rings is 1. The van der Waals surface area contributed by atoms with E-state index in [1.54, 1.807) is 13.2 Å². The Balaban J connectivity index is 1.38. The van der Waals surface area contributed by atoms with Crippen molar-refractivity contribution in [1.82, 2.24) is 4.90 Å². The lowest BCUT2D eigenvalue weighted by Crippen LogP contribution is -2.51. The monoisotopic (exact) mass is 423 g/mol. The summed E-state index contributed by atoms with van der Waals surface area (Å²) >= 11 is 0. The summed E-state index contributed by atoms with van der Waals surface area (Å²) in [5.41, 5.74) is 2.63. The Bertz CT molecular complexity index is 969. The molecule has 0 bridgehead atoms. The Morgan fingerprint density at radius 2 is 1.90 bits per heavy atom. The minimum Gasteiger partial charge on any atom is -0.497 e. The molecule has 0 saturated carbocycles. The van der Waals surface area contributed by atoms with Crippen LogP contribution in [-0.4, -0.2) is 49.7 Å². The van der Waals surface area contributed by atoms with Gasteiger partial charge in [0.1, 0.15) is 17.6 Å². The first-order valence-electron chi connectivity index (χ1n) is 10.7. The average molecular weight is 424 g/mol. The second kappa shape index (κ2) is 8.88. The van der Waals surface area contributed by atoms with E-state index in [1.807, 2.05) is 60.0 Å². The number of carbonyl (C=O) groups excluding carboxylic acids is 2. The van der Waals surface area contributed by atoms with Gasteiger partial charge < -0.3 is 19.7 Å². The third-order valence-corrected chi connectivity index (χ3v) is 5.88. The van der Waals surface area contributed by atoms with E-state index in [9.17, 15) is 9.59 Å². The number of benzene rings is 2. The Labute approximate surface area is 182 Å². The van der Waals surface area contributed by atoms with E-state index in [4.69, 9.17) is 9.47 Å². The van der Waals surface area contributed by atoms with Gasteiger partial charge in [0.2, 0.25) is 5.91 Å². The SMILES string of the molecule is COc1cccc(NC(=O)C2CCN(C(=O)N3CC(C)Oc4ccc(C)cc43)CC2)c1. The predicted molar refractivity (Wildman–Crippen MR) is 120 cm³/mol. The van der Waals surface area contributed by atoms with Crippen LogP contribution in [0, 0.1) is 12.8 Å². The highest BCUT2D eigenvalue weighted by Crippen LogP contribution is 2.35. The molecule has 0 aromatic heterocycles. The van der Waals surface area contributed by atoms with Crippen LogP contribution in [0.25, 0.3) is 0 Å². The van der Waals surface area contributed by atoms with E-state index < -0.39 is 0 Å². The van der Waals surface area contributed by atoms with E-state index in [1.165, 1.54) is 0 Å². The highest BCUT2D eigenvalue weighted by atomic mass is 16.5. The Morgan fingerprint density at radius 1 is 1.13 bits per heavy atom. The van der Waals surface area contributed by atoms with E-state index in [0.29, 0.717) is 38.2 Å². The number of carbonyl (C=O) groups is 2. The zero-order chi connectivity index (χ0) is 22.0. The maximum atomic E-state index is 13.3. The van der Waals surface area contributed by atoms with Gasteiger partial charge in [-0.3, -0.25) is 9.69 Å². The van der Waals surface area contributed by atoms with Crippen molar-refractivity contribution in [2.45, 2.75) is 32.8 Å². The van der Waals surface area contributed by atoms with Gasteiger partial charge in [-0.15, -0.1) is 0 Å². The van der Waals surface area contributed by atoms with Crippen molar-refractivity contribution < 1.29 is 19.1 Å². The van der Waals surface area contributed by atoms with Gasteiger partial charge in [-0.05, 0) is 56.5 Å². The molecule has 7 nitrogen and oxygen atoms in total. The van der Waals surface area contributed by atoms with E-state index in [2.05, 4.69) is 5.32 Å². The molecule has 1 saturated heterocycles. The maximum Gasteiger partial charge on any atom is 0.324 e. The first kappa shape index (κ1) is 21.0. The second-order valence-electron chi connectivity index (χ2n) is 8.28. The van der Waals surface area contributed by atoms with Crippen LogP contribution < -0.4 is 19.7 Å². The predicted octanol–water partition coefficient (Wildman–Crippen LogP) is 4.06. The van der Waals surface area contributed by atoms with Crippen LogP contribution >= 0.6 is 0 Å². The molecule has 7 heteroatoms. The molecule has 2 aromatic carbocycles. The quantitative estimate of drug-likeness (QED) is 0.808. The summed E-state index contributed by atoms with van der Waals surface area (Å²) in [6.07, 6.45) is 1.22. The number of likely N-dealkylation sites (tertiary alicyclic amines) is 1. The van der Waals surface area contributed by atoms with E-state index in [0.717, 1.165) is 22.7 Å². The van der Waals surface area contributed by atoms with Gasteiger partial charge in [0.15, 0.2) is 0 Å². The van der Waals surface area contributed by atoms with E-state index >= 15 is 0 Å². The molecular formula is C24H29N3O4. The molecule has 1 unspecified atom stereocenters. The molecule has 1 atom stereocenters. The Morgan fingerprint density at radius 3 is 2.65 bits per heavy atom. The number of nitrogens with one attached hydrogen (secondary N) is 1. The number of methoxy groups -OCH3 is 1. The van der Waals surface area contributed by atoms with Crippen LogP contribution in [0.3, 0.4) is 0 Å². The van der Waals surface area contributed by atoms with Crippen molar-refractivity contribution in [3.05, 3.63) is 48.0 Å². The highest BCUT2D eigenvalue weighted by molar-refractivity contribution is 5.95. The lowest BCUT2D eigenvalue weighted by atomic mass is 9.96. The number of aryl methyl sites for hydroxylation is 1. The molecule has 1 fully saturated rings. The van der Waals surface area contributed by atoms with Gasteiger partial charge in [0.25, 0.3) is 0 Å². The number of rotatable bonds is 3. The number of anilines is 2.